The molecule has 0 heterocycles. The Hall–Kier alpha value is -1.51. The fraction of sp³-hybridized carbons (Fsp3) is 0.385. The van der Waals surface area contributed by atoms with Crippen LogP contribution in [0.4, 0.5) is 4.39 Å². The van der Waals surface area contributed by atoms with E-state index in [0.717, 1.165) is 6.42 Å². The average molecular weight is 222 g/mol. The molecule has 2 nitrogen and oxygen atoms in total. The van der Waals surface area contributed by atoms with E-state index in [9.17, 15) is 14.0 Å². The molecule has 0 N–H and O–H groups in total. The van der Waals surface area contributed by atoms with E-state index in [2.05, 4.69) is 0 Å². The van der Waals surface area contributed by atoms with Gasteiger partial charge in [-0.15, -0.1) is 0 Å². The Morgan fingerprint density at radius 2 is 1.81 bits per heavy atom. The summed E-state index contributed by atoms with van der Waals surface area (Å²) < 4.78 is 12.6. The van der Waals surface area contributed by atoms with E-state index in [0.29, 0.717) is 5.56 Å². The number of benzene rings is 1. The van der Waals surface area contributed by atoms with Crippen LogP contribution in [0.3, 0.4) is 0 Å². The summed E-state index contributed by atoms with van der Waals surface area (Å²) in [4.78, 5) is 23.2. The van der Waals surface area contributed by atoms with E-state index in [-0.39, 0.29) is 29.7 Å². The second-order valence-corrected chi connectivity index (χ2v) is 3.88. The summed E-state index contributed by atoms with van der Waals surface area (Å²) in [5.41, 5.74) is 0.387. The van der Waals surface area contributed by atoms with Crippen LogP contribution in [-0.4, -0.2) is 11.6 Å². The number of carbonyl (C=O) groups is 2. The molecule has 1 aromatic carbocycles. The maximum atomic E-state index is 12.6. The van der Waals surface area contributed by atoms with Crippen molar-refractivity contribution in [2.75, 3.05) is 0 Å². The lowest BCUT2D eigenvalue weighted by atomic mass is 9.97. The summed E-state index contributed by atoms with van der Waals surface area (Å²) in [5.74, 6) is -0.781. The SMILES string of the molecule is CCC(C)C(=O)CC(=O)c1ccc(F)cc1. The zero-order valence-corrected chi connectivity index (χ0v) is 9.50. The summed E-state index contributed by atoms with van der Waals surface area (Å²) in [6, 6.07) is 5.25. The Kier molecular flexibility index (Phi) is 4.35. The fourth-order valence-electron chi connectivity index (χ4n) is 1.30. The Morgan fingerprint density at radius 3 is 2.31 bits per heavy atom. The van der Waals surface area contributed by atoms with Crippen molar-refractivity contribution < 1.29 is 14.0 Å². The zero-order valence-electron chi connectivity index (χ0n) is 9.50. The predicted molar refractivity (Wildman–Crippen MR) is 59.8 cm³/mol. The summed E-state index contributed by atoms with van der Waals surface area (Å²) in [6.45, 7) is 3.71. The molecule has 3 heteroatoms. The second kappa shape index (κ2) is 5.54. The highest BCUT2D eigenvalue weighted by Gasteiger charge is 2.16. The van der Waals surface area contributed by atoms with Crippen LogP contribution in [0.5, 0.6) is 0 Å². The van der Waals surface area contributed by atoms with Crippen molar-refractivity contribution in [2.24, 2.45) is 5.92 Å². The van der Waals surface area contributed by atoms with Gasteiger partial charge in [0.05, 0.1) is 6.42 Å². The molecular formula is C13H15FO2. The minimum Gasteiger partial charge on any atom is -0.299 e. The molecule has 0 radical (unpaired) electrons. The first-order valence-electron chi connectivity index (χ1n) is 5.36. The number of ketones is 2. The molecule has 0 spiro atoms. The number of carbonyl (C=O) groups excluding carboxylic acids is 2. The molecule has 0 aliphatic heterocycles. The van der Waals surface area contributed by atoms with Gasteiger partial charge >= 0.3 is 0 Å². The van der Waals surface area contributed by atoms with Crippen LogP contribution in [-0.2, 0) is 4.79 Å². The lowest BCUT2D eigenvalue weighted by Gasteiger charge is -2.06. The molecule has 86 valence electrons. The topological polar surface area (TPSA) is 34.1 Å². The molecular weight excluding hydrogens is 207 g/mol. The standard InChI is InChI=1S/C13H15FO2/c1-3-9(2)12(15)8-13(16)10-4-6-11(14)7-5-10/h4-7,9H,3,8H2,1-2H3. The number of Topliss-reactive ketones (excluding diaryl/α,β-unsaturated/α-hetero) is 2. The Labute approximate surface area is 94.5 Å². The largest absolute Gasteiger partial charge is 0.299 e. The third kappa shape index (κ3) is 3.26. The molecule has 0 amide bonds. The van der Waals surface area contributed by atoms with Crippen LogP contribution in [0.15, 0.2) is 24.3 Å². The van der Waals surface area contributed by atoms with Crippen LogP contribution in [0.1, 0.15) is 37.0 Å². The zero-order chi connectivity index (χ0) is 12.1. The monoisotopic (exact) mass is 222 g/mol. The third-order valence-electron chi connectivity index (χ3n) is 2.66. The molecule has 16 heavy (non-hydrogen) atoms. The van der Waals surface area contributed by atoms with Gasteiger partial charge in [-0.25, -0.2) is 4.39 Å². The molecule has 0 fully saturated rings. The highest BCUT2D eigenvalue weighted by Crippen LogP contribution is 2.10. The molecule has 0 aromatic heterocycles. The minimum atomic E-state index is -0.384. The van der Waals surface area contributed by atoms with E-state index >= 15 is 0 Å². The first-order chi connectivity index (χ1) is 7.54. The van der Waals surface area contributed by atoms with Gasteiger partial charge in [0.2, 0.25) is 0 Å². The smallest absolute Gasteiger partial charge is 0.170 e. The van der Waals surface area contributed by atoms with E-state index in [1.54, 1.807) is 6.92 Å². The van der Waals surface area contributed by atoms with Gasteiger partial charge in [-0.2, -0.15) is 0 Å². The predicted octanol–water partition coefficient (Wildman–Crippen LogP) is 3.01. The van der Waals surface area contributed by atoms with Crippen LogP contribution >= 0.6 is 0 Å². The molecule has 1 unspecified atom stereocenters. The van der Waals surface area contributed by atoms with E-state index in [4.69, 9.17) is 0 Å². The molecule has 1 aromatic rings. The lowest BCUT2D eigenvalue weighted by molar-refractivity contribution is -0.121. The van der Waals surface area contributed by atoms with Crippen LogP contribution in [0, 0.1) is 11.7 Å². The van der Waals surface area contributed by atoms with Crippen molar-refractivity contribution in [2.45, 2.75) is 26.7 Å². The maximum absolute atomic E-state index is 12.6. The first-order valence-corrected chi connectivity index (χ1v) is 5.36. The molecule has 0 aliphatic carbocycles. The number of halogens is 1. The Bertz CT molecular complexity index is 381. The highest BCUT2D eigenvalue weighted by atomic mass is 19.1. The number of hydrogen-bond acceptors (Lipinski definition) is 2. The van der Waals surface area contributed by atoms with Crippen molar-refractivity contribution in [3.63, 3.8) is 0 Å². The Balaban J connectivity index is 2.66. The van der Waals surface area contributed by atoms with Crippen molar-refractivity contribution >= 4 is 11.6 Å². The normalized spacial score (nSPS) is 12.2. The van der Waals surface area contributed by atoms with Crippen LogP contribution < -0.4 is 0 Å². The van der Waals surface area contributed by atoms with Crippen molar-refractivity contribution in [1.82, 2.24) is 0 Å². The summed E-state index contributed by atoms with van der Waals surface area (Å²) in [5, 5.41) is 0. The van der Waals surface area contributed by atoms with Gasteiger partial charge in [0.15, 0.2) is 5.78 Å². The third-order valence-corrected chi connectivity index (χ3v) is 2.66. The van der Waals surface area contributed by atoms with E-state index in [1.807, 2.05) is 6.92 Å². The van der Waals surface area contributed by atoms with Crippen molar-refractivity contribution in [3.05, 3.63) is 35.6 Å². The Morgan fingerprint density at radius 1 is 1.25 bits per heavy atom. The van der Waals surface area contributed by atoms with Crippen LogP contribution in [0.25, 0.3) is 0 Å². The molecule has 0 saturated carbocycles. The van der Waals surface area contributed by atoms with E-state index < -0.39 is 0 Å². The molecule has 1 rings (SSSR count). The molecule has 0 aliphatic rings. The fourth-order valence-corrected chi connectivity index (χ4v) is 1.30. The number of hydrogen-bond donors (Lipinski definition) is 0. The van der Waals surface area contributed by atoms with Crippen LogP contribution in [0.2, 0.25) is 0 Å². The summed E-state index contributed by atoms with van der Waals surface area (Å²) in [7, 11) is 0. The highest BCUT2D eigenvalue weighted by molar-refractivity contribution is 6.08. The number of rotatable bonds is 5. The summed E-state index contributed by atoms with van der Waals surface area (Å²) in [6.07, 6.45) is 0.635. The lowest BCUT2D eigenvalue weighted by Crippen LogP contribution is -2.15. The molecule has 0 saturated heterocycles. The van der Waals surface area contributed by atoms with Gasteiger partial charge in [-0.05, 0) is 30.7 Å². The minimum absolute atomic E-state index is 0.0585. The van der Waals surface area contributed by atoms with Gasteiger partial charge in [0, 0.05) is 11.5 Å². The second-order valence-electron chi connectivity index (χ2n) is 3.88. The quantitative estimate of drug-likeness (QED) is 0.567. The average Bonchev–Trinajstić information content (AvgIpc) is 2.28. The van der Waals surface area contributed by atoms with Crippen molar-refractivity contribution in [3.8, 4) is 0 Å². The van der Waals surface area contributed by atoms with Gasteiger partial charge in [0.1, 0.15) is 11.6 Å². The first kappa shape index (κ1) is 12.6. The van der Waals surface area contributed by atoms with Gasteiger partial charge in [-0.3, -0.25) is 9.59 Å². The van der Waals surface area contributed by atoms with Gasteiger partial charge in [0.25, 0.3) is 0 Å². The van der Waals surface area contributed by atoms with Gasteiger partial charge in [-0.1, -0.05) is 13.8 Å². The summed E-state index contributed by atoms with van der Waals surface area (Å²) >= 11 is 0. The van der Waals surface area contributed by atoms with Crippen molar-refractivity contribution in [1.29, 1.82) is 0 Å². The van der Waals surface area contributed by atoms with E-state index in [1.165, 1.54) is 24.3 Å². The van der Waals surface area contributed by atoms with Gasteiger partial charge < -0.3 is 0 Å². The molecule has 0 bridgehead atoms. The molecule has 1 atom stereocenters. The maximum Gasteiger partial charge on any atom is 0.170 e.